The molecule has 0 spiro atoms. The quantitative estimate of drug-likeness (QED) is 0.815. The van der Waals surface area contributed by atoms with Crippen molar-refractivity contribution in [3.63, 3.8) is 0 Å². The van der Waals surface area contributed by atoms with Gasteiger partial charge in [-0.3, -0.25) is 4.98 Å². The Morgan fingerprint density at radius 2 is 1.75 bits per heavy atom. The highest BCUT2D eigenvalue weighted by molar-refractivity contribution is 5.81. The van der Waals surface area contributed by atoms with Crippen LogP contribution in [0, 0.1) is 17.8 Å². The lowest BCUT2D eigenvalue weighted by molar-refractivity contribution is -0.159. The number of pyridine rings is 1. The molecule has 24 heavy (non-hydrogen) atoms. The van der Waals surface area contributed by atoms with E-state index in [0.717, 1.165) is 42.1 Å². The van der Waals surface area contributed by atoms with Crippen molar-refractivity contribution < 1.29 is 4.74 Å². The van der Waals surface area contributed by atoms with E-state index in [9.17, 15) is 0 Å². The van der Waals surface area contributed by atoms with Crippen molar-refractivity contribution in [2.45, 2.75) is 44.1 Å². The van der Waals surface area contributed by atoms with Gasteiger partial charge in [-0.05, 0) is 68.4 Å². The van der Waals surface area contributed by atoms with Crippen LogP contribution in [0.2, 0.25) is 0 Å². The zero-order valence-corrected chi connectivity index (χ0v) is 14.2. The maximum Gasteiger partial charge on any atom is 0.0703 e. The van der Waals surface area contributed by atoms with Crippen LogP contribution in [0.15, 0.2) is 36.5 Å². The molecular weight excluding hydrogens is 296 g/mol. The molecule has 1 aromatic heterocycles. The first kappa shape index (κ1) is 14.7. The van der Waals surface area contributed by atoms with Crippen LogP contribution in [0.1, 0.15) is 38.5 Å². The van der Waals surface area contributed by atoms with Gasteiger partial charge in [0.1, 0.15) is 0 Å². The topological polar surface area (TPSA) is 34.2 Å². The van der Waals surface area contributed by atoms with Gasteiger partial charge in [-0.15, -0.1) is 0 Å². The Kier molecular flexibility index (Phi) is 3.51. The molecule has 1 aromatic carbocycles. The van der Waals surface area contributed by atoms with Crippen LogP contribution in [-0.4, -0.2) is 23.7 Å². The minimum absolute atomic E-state index is 0.220. The van der Waals surface area contributed by atoms with Crippen LogP contribution in [-0.2, 0) is 4.74 Å². The van der Waals surface area contributed by atoms with E-state index < -0.39 is 0 Å². The molecule has 4 saturated carbocycles. The fourth-order valence-corrected chi connectivity index (χ4v) is 5.84. The van der Waals surface area contributed by atoms with Gasteiger partial charge in [0.05, 0.1) is 29.6 Å². The molecule has 2 aromatic rings. The van der Waals surface area contributed by atoms with E-state index in [4.69, 9.17) is 4.74 Å². The minimum Gasteiger partial charge on any atom is -0.381 e. The molecule has 0 radical (unpaired) electrons. The summed E-state index contributed by atoms with van der Waals surface area (Å²) in [6, 6.07) is 10.4. The van der Waals surface area contributed by atoms with Crippen molar-refractivity contribution >= 4 is 16.6 Å². The number of nitrogens with one attached hydrogen (secondary N) is 1. The highest BCUT2D eigenvalue weighted by Gasteiger charge is 2.51. The second-order valence-electron chi connectivity index (χ2n) is 8.29. The Morgan fingerprint density at radius 1 is 1.04 bits per heavy atom. The fraction of sp³-hybridized carbons (Fsp3) is 0.571. The smallest absolute Gasteiger partial charge is 0.0703 e. The van der Waals surface area contributed by atoms with Crippen molar-refractivity contribution in [2.24, 2.45) is 17.8 Å². The fourth-order valence-electron chi connectivity index (χ4n) is 5.84. The highest BCUT2D eigenvalue weighted by Crippen LogP contribution is 2.57. The van der Waals surface area contributed by atoms with Gasteiger partial charge in [0.15, 0.2) is 0 Å². The Labute approximate surface area is 143 Å². The molecule has 4 fully saturated rings. The molecule has 3 nitrogen and oxygen atoms in total. The summed E-state index contributed by atoms with van der Waals surface area (Å²) < 4.78 is 6.47. The van der Waals surface area contributed by atoms with Crippen LogP contribution in [0.5, 0.6) is 0 Å². The number of benzene rings is 1. The van der Waals surface area contributed by atoms with Crippen molar-refractivity contribution in [1.82, 2.24) is 4.98 Å². The number of ether oxygens (including phenoxy) is 1. The molecule has 0 saturated heterocycles. The number of rotatable bonds is 5. The molecule has 3 heteroatoms. The van der Waals surface area contributed by atoms with Crippen LogP contribution < -0.4 is 5.32 Å². The normalized spacial score (nSPS) is 33.9. The van der Waals surface area contributed by atoms with Gasteiger partial charge in [0.25, 0.3) is 0 Å². The molecule has 0 atom stereocenters. The predicted octanol–water partition coefficient (Wildman–Crippen LogP) is 4.63. The average Bonchev–Trinajstić information content (AvgIpc) is 2.57. The molecule has 0 amide bonds. The Morgan fingerprint density at radius 3 is 2.50 bits per heavy atom. The molecule has 0 aliphatic heterocycles. The second-order valence-corrected chi connectivity index (χ2v) is 8.29. The number of para-hydroxylation sites is 1. The summed E-state index contributed by atoms with van der Waals surface area (Å²) in [6.07, 6.45) is 10.3. The van der Waals surface area contributed by atoms with Crippen molar-refractivity contribution in [1.29, 1.82) is 0 Å². The molecular formula is C21H26N2O. The standard InChI is InChI=1S/C21H26N2O/c1-2-4-20-18(3-1)10-19(14-23-20)22-5-6-24-21-11-15-7-16(12-21)9-17(8-15)13-21/h1-4,10,14-17,22H,5-9,11-13H2. The van der Waals surface area contributed by atoms with Crippen LogP contribution >= 0.6 is 0 Å². The number of aromatic nitrogens is 1. The first-order valence-electron chi connectivity index (χ1n) is 9.51. The number of hydrogen-bond acceptors (Lipinski definition) is 3. The van der Waals surface area contributed by atoms with Crippen molar-refractivity contribution in [3.05, 3.63) is 36.5 Å². The van der Waals surface area contributed by atoms with Gasteiger partial charge in [-0.2, -0.15) is 0 Å². The number of fused-ring (bicyclic) bond motifs is 1. The first-order chi connectivity index (χ1) is 11.8. The Balaban J connectivity index is 1.18. The van der Waals surface area contributed by atoms with Gasteiger partial charge in [0.2, 0.25) is 0 Å². The summed E-state index contributed by atoms with van der Waals surface area (Å²) in [6.45, 7) is 1.67. The minimum atomic E-state index is 0.220. The van der Waals surface area contributed by atoms with Crippen LogP contribution in [0.4, 0.5) is 5.69 Å². The summed E-state index contributed by atoms with van der Waals surface area (Å²) in [5.41, 5.74) is 2.36. The maximum atomic E-state index is 6.47. The number of nitrogens with zero attached hydrogens (tertiary/aromatic N) is 1. The van der Waals surface area contributed by atoms with Gasteiger partial charge in [-0.25, -0.2) is 0 Å². The monoisotopic (exact) mass is 322 g/mol. The third kappa shape index (κ3) is 2.69. The molecule has 6 rings (SSSR count). The lowest BCUT2D eigenvalue weighted by Crippen LogP contribution is -2.52. The third-order valence-corrected chi connectivity index (χ3v) is 6.41. The SMILES string of the molecule is c1ccc2ncc(NCCOC34CC5CC(CC(C5)C3)C4)cc2c1. The van der Waals surface area contributed by atoms with E-state index in [0.29, 0.717) is 0 Å². The third-order valence-electron chi connectivity index (χ3n) is 6.41. The summed E-state index contributed by atoms with van der Waals surface area (Å²) in [5.74, 6) is 2.86. The van der Waals surface area contributed by atoms with E-state index >= 15 is 0 Å². The Bertz CT molecular complexity index is 706. The largest absolute Gasteiger partial charge is 0.381 e. The van der Waals surface area contributed by atoms with Crippen molar-refractivity contribution in [3.8, 4) is 0 Å². The van der Waals surface area contributed by atoms with Gasteiger partial charge in [0, 0.05) is 11.9 Å². The van der Waals surface area contributed by atoms with Crippen molar-refractivity contribution in [2.75, 3.05) is 18.5 Å². The summed E-state index contributed by atoms with van der Waals surface area (Å²) >= 11 is 0. The summed E-state index contributed by atoms with van der Waals surface area (Å²) in [5, 5.41) is 4.67. The summed E-state index contributed by atoms with van der Waals surface area (Å²) in [7, 11) is 0. The summed E-state index contributed by atoms with van der Waals surface area (Å²) in [4.78, 5) is 4.51. The molecule has 4 aliphatic rings. The molecule has 4 bridgehead atoms. The zero-order chi connectivity index (χ0) is 16.0. The number of anilines is 1. The van der Waals surface area contributed by atoms with Crippen LogP contribution in [0.25, 0.3) is 10.9 Å². The average molecular weight is 322 g/mol. The van der Waals surface area contributed by atoms with Gasteiger partial charge < -0.3 is 10.1 Å². The first-order valence-corrected chi connectivity index (χ1v) is 9.51. The Hall–Kier alpha value is -1.61. The van der Waals surface area contributed by atoms with Gasteiger partial charge in [-0.1, -0.05) is 18.2 Å². The molecule has 4 aliphatic carbocycles. The molecule has 126 valence electrons. The van der Waals surface area contributed by atoms with E-state index in [2.05, 4.69) is 34.6 Å². The molecule has 0 unspecified atom stereocenters. The van der Waals surface area contributed by atoms with E-state index in [-0.39, 0.29) is 5.60 Å². The van der Waals surface area contributed by atoms with Gasteiger partial charge >= 0.3 is 0 Å². The second kappa shape index (κ2) is 5.73. The van der Waals surface area contributed by atoms with E-state index in [1.807, 2.05) is 12.3 Å². The highest BCUT2D eigenvalue weighted by atomic mass is 16.5. The molecule has 1 N–H and O–H groups in total. The van der Waals surface area contributed by atoms with E-state index in [1.54, 1.807) is 0 Å². The lowest BCUT2D eigenvalue weighted by Gasteiger charge is -2.56. The predicted molar refractivity (Wildman–Crippen MR) is 97.1 cm³/mol. The molecule has 1 heterocycles. The maximum absolute atomic E-state index is 6.47. The number of hydrogen-bond donors (Lipinski definition) is 1. The van der Waals surface area contributed by atoms with E-state index in [1.165, 1.54) is 43.9 Å². The van der Waals surface area contributed by atoms with Crippen LogP contribution in [0.3, 0.4) is 0 Å². The lowest BCUT2D eigenvalue weighted by atomic mass is 9.54. The zero-order valence-electron chi connectivity index (χ0n) is 14.2.